The standard InChI is InChI=1S/C6H13O.C4H2F7.O.Sn/c1-2-3-4-5-6-7;5-1-3(8,9)4(10,11)2(6)7;;/h2-6H2,1H3;1-2H;;/q-1;;;+1. The van der Waals surface area contributed by atoms with Crippen LogP contribution < -0.4 is 0 Å². The predicted octanol–water partition coefficient (Wildman–Crippen LogP) is 3.92. The number of unbranched alkanes of at least 4 members (excludes halogenated alkanes) is 3. The SMILES string of the molecule is CCCCCC[O][Sn](=[O])[CH](F)C(F)(F)C(F)(F)C(F)F. The molecule has 0 heterocycles. The van der Waals surface area contributed by atoms with Crippen molar-refractivity contribution in [3.63, 3.8) is 0 Å². The van der Waals surface area contributed by atoms with Crippen molar-refractivity contribution in [3.8, 4) is 0 Å². The molecule has 0 saturated carbocycles. The van der Waals surface area contributed by atoms with Crippen LogP contribution in [0.4, 0.5) is 30.7 Å². The Hall–Kier alpha value is 0.0687. The number of halogens is 7. The van der Waals surface area contributed by atoms with Crippen molar-refractivity contribution in [2.24, 2.45) is 0 Å². The first-order valence-corrected chi connectivity index (χ1v) is 9.91. The summed E-state index contributed by atoms with van der Waals surface area (Å²) in [6.45, 7) is 1.58. The van der Waals surface area contributed by atoms with Crippen LogP contribution in [-0.4, -0.2) is 49.2 Å². The van der Waals surface area contributed by atoms with Gasteiger partial charge in [0.1, 0.15) is 0 Å². The predicted molar refractivity (Wildman–Crippen MR) is 57.3 cm³/mol. The maximum atomic E-state index is 13.1. The van der Waals surface area contributed by atoms with Crippen LogP contribution in [-0.2, 0) is 6.15 Å². The van der Waals surface area contributed by atoms with E-state index >= 15 is 0 Å². The molecule has 0 aliphatic heterocycles. The Morgan fingerprint density at radius 2 is 1.55 bits per heavy atom. The zero-order valence-corrected chi connectivity index (χ0v) is 13.5. The summed E-state index contributed by atoms with van der Waals surface area (Å²) in [5.41, 5.74) is 0. The van der Waals surface area contributed by atoms with E-state index < -0.39 is 42.6 Å². The summed E-state index contributed by atoms with van der Waals surface area (Å²) in [5.74, 6) is -11.6. The Balaban J connectivity index is 4.49. The van der Waals surface area contributed by atoms with Crippen LogP contribution in [0.1, 0.15) is 32.6 Å². The topological polar surface area (TPSA) is 26.3 Å². The third-order valence-corrected chi connectivity index (χ3v) is 6.10. The second-order valence-electron chi connectivity index (χ2n) is 4.14. The molecule has 20 heavy (non-hydrogen) atoms. The molecule has 0 aromatic heterocycles. The molecule has 0 aliphatic rings. The normalized spacial score (nSPS) is 14.7. The zero-order valence-electron chi connectivity index (χ0n) is 10.7. The van der Waals surface area contributed by atoms with Crippen molar-refractivity contribution in [2.75, 3.05) is 6.61 Å². The van der Waals surface area contributed by atoms with Gasteiger partial charge in [-0.15, -0.1) is 0 Å². The summed E-state index contributed by atoms with van der Waals surface area (Å²) in [6.07, 6.45) is -2.18. The van der Waals surface area contributed by atoms with Gasteiger partial charge in [0.2, 0.25) is 0 Å². The van der Waals surface area contributed by atoms with Crippen molar-refractivity contribution in [2.45, 2.75) is 55.1 Å². The number of alkyl halides is 7. The van der Waals surface area contributed by atoms with Gasteiger partial charge in [-0.2, -0.15) is 0 Å². The van der Waals surface area contributed by atoms with Gasteiger partial charge < -0.3 is 0 Å². The van der Waals surface area contributed by atoms with Crippen molar-refractivity contribution in [1.29, 1.82) is 0 Å². The molecule has 0 rings (SSSR count). The first-order valence-electron chi connectivity index (χ1n) is 5.93. The molecule has 1 unspecified atom stereocenters. The summed E-state index contributed by atoms with van der Waals surface area (Å²) in [4.78, 5) is 0. The van der Waals surface area contributed by atoms with Crippen LogP contribution >= 0.6 is 0 Å². The van der Waals surface area contributed by atoms with Gasteiger partial charge in [-0.05, 0) is 0 Å². The third-order valence-electron chi connectivity index (χ3n) is 2.49. The first-order chi connectivity index (χ1) is 9.09. The average molecular weight is 419 g/mol. The fourth-order valence-corrected chi connectivity index (χ4v) is 4.04. The average Bonchev–Trinajstić information content (AvgIpc) is 2.36. The summed E-state index contributed by atoms with van der Waals surface area (Å²) < 4.78 is 99.1. The minimum absolute atomic E-state index is 0.309. The van der Waals surface area contributed by atoms with Crippen molar-refractivity contribution in [3.05, 3.63) is 0 Å². The number of hydrogen-bond acceptors (Lipinski definition) is 2. The van der Waals surface area contributed by atoms with Crippen LogP contribution in [0.3, 0.4) is 0 Å². The van der Waals surface area contributed by atoms with Crippen molar-refractivity contribution >= 4 is 20.2 Å². The molecule has 120 valence electrons. The molecule has 0 radical (unpaired) electrons. The van der Waals surface area contributed by atoms with E-state index in [1.54, 1.807) is 0 Å². The van der Waals surface area contributed by atoms with Crippen molar-refractivity contribution < 1.29 is 36.9 Å². The van der Waals surface area contributed by atoms with Gasteiger partial charge in [0.25, 0.3) is 0 Å². The fourth-order valence-electron chi connectivity index (χ4n) is 1.24. The third kappa shape index (κ3) is 5.12. The van der Waals surface area contributed by atoms with Gasteiger partial charge in [0.05, 0.1) is 0 Å². The van der Waals surface area contributed by atoms with Gasteiger partial charge in [-0.3, -0.25) is 0 Å². The molecule has 0 aromatic rings. The molecule has 0 aromatic carbocycles. The molecule has 0 N–H and O–H groups in total. The molecule has 10 heteroatoms. The Morgan fingerprint density at radius 1 is 1.00 bits per heavy atom. The molecule has 1 atom stereocenters. The maximum absolute atomic E-state index is 13.1. The summed E-state index contributed by atoms with van der Waals surface area (Å²) in [6, 6.07) is 0. The molecular formula is C10H15F7O2Sn. The van der Waals surface area contributed by atoms with Crippen LogP contribution in [0.25, 0.3) is 0 Å². The minimum atomic E-state index is -5.88. The van der Waals surface area contributed by atoms with E-state index in [2.05, 4.69) is 3.07 Å². The molecule has 0 spiro atoms. The molecule has 0 aliphatic carbocycles. The van der Waals surface area contributed by atoms with Crippen molar-refractivity contribution in [1.82, 2.24) is 0 Å². The quantitative estimate of drug-likeness (QED) is 0.305. The van der Waals surface area contributed by atoms with Gasteiger partial charge in [-0.1, -0.05) is 0 Å². The first kappa shape index (κ1) is 20.1. The summed E-state index contributed by atoms with van der Waals surface area (Å²) >= 11 is -5.20. The monoisotopic (exact) mass is 420 g/mol. The molecule has 0 saturated heterocycles. The van der Waals surface area contributed by atoms with Gasteiger partial charge >= 0.3 is 119 Å². The van der Waals surface area contributed by atoms with Gasteiger partial charge in [0.15, 0.2) is 0 Å². The molecule has 2 nitrogen and oxygen atoms in total. The van der Waals surface area contributed by atoms with E-state index in [4.69, 9.17) is 0 Å². The van der Waals surface area contributed by atoms with Gasteiger partial charge in [0, 0.05) is 0 Å². The number of hydrogen-bond donors (Lipinski definition) is 0. The summed E-state index contributed by atoms with van der Waals surface area (Å²) in [7, 11) is 0. The van der Waals surface area contributed by atoms with Crippen LogP contribution in [0, 0.1) is 0 Å². The van der Waals surface area contributed by atoms with Gasteiger partial charge in [-0.25, -0.2) is 0 Å². The van der Waals surface area contributed by atoms with Crippen LogP contribution in [0.2, 0.25) is 0 Å². The van der Waals surface area contributed by atoms with E-state index in [0.29, 0.717) is 12.8 Å². The second-order valence-corrected chi connectivity index (χ2v) is 8.23. The molecule has 0 amide bonds. The van der Waals surface area contributed by atoms with Crippen LogP contribution in [0.5, 0.6) is 0 Å². The second kappa shape index (κ2) is 8.50. The number of rotatable bonds is 10. The Morgan fingerprint density at radius 3 is 2.00 bits per heavy atom. The van der Waals surface area contributed by atoms with E-state index in [1.807, 2.05) is 6.92 Å². The Kier molecular flexibility index (Phi) is 8.53. The molecule has 0 bridgehead atoms. The molecule has 0 fully saturated rings. The van der Waals surface area contributed by atoms with E-state index in [0.717, 1.165) is 12.8 Å². The Labute approximate surface area is 119 Å². The van der Waals surface area contributed by atoms with E-state index in [9.17, 15) is 33.8 Å². The van der Waals surface area contributed by atoms with Crippen LogP contribution in [0.15, 0.2) is 0 Å². The van der Waals surface area contributed by atoms with E-state index in [1.165, 1.54) is 0 Å². The Bertz CT molecular complexity index is 312. The molecular weight excluding hydrogens is 404 g/mol. The summed E-state index contributed by atoms with van der Waals surface area (Å²) in [5, 5.41) is 0. The van der Waals surface area contributed by atoms with E-state index in [-0.39, 0.29) is 6.61 Å². The fraction of sp³-hybridized carbons (Fsp3) is 1.00. The zero-order chi connectivity index (χ0) is 16.0.